The smallest absolute Gasteiger partial charge is 0.262 e. The molecule has 1 saturated carbocycles. The van der Waals surface area contributed by atoms with Crippen LogP contribution in [0, 0.1) is 0 Å². The number of hydrogen-bond donors (Lipinski definition) is 2. The van der Waals surface area contributed by atoms with E-state index in [2.05, 4.69) is 21.5 Å². The van der Waals surface area contributed by atoms with Gasteiger partial charge in [-0.05, 0) is 55.9 Å². The zero-order valence-electron chi connectivity index (χ0n) is 15.7. The third kappa shape index (κ3) is 3.15. The van der Waals surface area contributed by atoms with Crippen LogP contribution in [0.4, 0.5) is 5.69 Å². The number of amides is 2. The summed E-state index contributed by atoms with van der Waals surface area (Å²) in [5, 5.41) is 10.8. The fraction of sp³-hybridized carbons (Fsp3) is 0.476. The number of fused-ring (bicyclic) bond motifs is 2. The number of carbonyl (C=O) groups is 2. The molecule has 1 atom stereocenters. The monoisotopic (exact) mass is 380 g/mol. The van der Waals surface area contributed by atoms with Gasteiger partial charge < -0.3 is 15.4 Å². The fourth-order valence-corrected chi connectivity index (χ4v) is 4.53. The van der Waals surface area contributed by atoms with Crippen molar-refractivity contribution in [1.29, 1.82) is 0 Å². The molecule has 1 aromatic heterocycles. The molecule has 146 valence electrons. The first kappa shape index (κ1) is 17.3. The quantitative estimate of drug-likeness (QED) is 0.857. The molecule has 0 bridgehead atoms. The number of rotatable bonds is 3. The van der Waals surface area contributed by atoms with Gasteiger partial charge in [0.1, 0.15) is 5.75 Å². The van der Waals surface area contributed by atoms with Crippen LogP contribution in [0.3, 0.4) is 0 Å². The number of nitrogens with zero attached hydrogens (tertiary/aromatic N) is 2. The van der Waals surface area contributed by atoms with Crippen LogP contribution in [0.1, 0.15) is 72.2 Å². The predicted octanol–water partition coefficient (Wildman–Crippen LogP) is 3.14. The van der Waals surface area contributed by atoms with Crippen molar-refractivity contribution in [3.05, 3.63) is 41.2 Å². The molecule has 0 unspecified atom stereocenters. The molecule has 1 fully saturated rings. The average molecular weight is 380 g/mol. The molecule has 5 rings (SSSR count). The Kier molecular flexibility index (Phi) is 4.30. The maximum atomic E-state index is 12.9. The molecule has 1 aliphatic heterocycles. The molecule has 0 spiro atoms. The number of anilines is 1. The van der Waals surface area contributed by atoms with E-state index in [-0.39, 0.29) is 24.5 Å². The minimum atomic E-state index is -0.209. The zero-order chi connectivity index (χ0) is 19.1. The van der Waals surface area contributed by atoms with E-state index >= 15 is 0 Å². The SMILES string of the molecule is O=C1COc2ccc(C(=O)N[C@@H]3CCCc4cn(C5CCCC5)nc43)cc2N1. The van der Waals surface area contributed by atoms with Crippen LogP contribution in [0.5, 0.6) is 5.75 Å². The third-order valence-electron chi connectivity index (χ3n) is 5.99. The van der Waals surface area contributed by atoms with E-state index in [1.54, 1.807) is 18.2 Å². The summed E-state index contributed by atoms with van der Waals surface area (Å²) >= 11 is 0. The average Bonchev–Trinajstić information content (AvgIpc) is 3.37. The van der Waals surface area contributed by atoms with Gasteiger partial charge in [-0.2, -0.15) is 5.10 Å². The Morgan fingerprint density at radius 1 is 1.21 bits per heavy atom. The topological polar surface area (TPSA) is 85.2 Å². The molecule has 28 heavy (non-hydrogen) atoms. The van der Waals surface area contributed by atoms with Crippen molar-refractivity contribution in [3.63, 3.8) is 0 Å². The standard InChI is InChI=1S/C21H24N4O3/c26-19-12-28-18-9-8-13(10-17(18)22-19)21(27)23-16-7-3-4-14-11-25(24-20(14)16)15-5-1-2-6-15/h8-11,15-16H,1-7,12H2,(H,22,26)(H,23,27)/t16-/m1/s1. The van der Waals surface area contributed by atoms with Crippen LogP contribution < -0.4 is 15.4 Å². The number of ether oxygens (including phenoxy) is 1. The van der Waals surface area contributed by atoms with Crippen LogP contribution in [-0.4, -0.2) is 28.2 Å². The van der Waals surface area contributed by atoms with Gasteiger partial charge >= 0.3 is 0 Å². The Labute approximate surface area is 163 Å². The van der Waals surface area contributed by atoms with Gasteiger partial charge in [-0.15, -0.1) is 0 Å². The van der Waals surface area contributed by atoms with Gasteiger partial charge in [-0.25, -0.2) is 0 Å². The highest BCUT2D eigenvalue weighted by atomic mass is 16.5. The van der Waals surface area contributed by atoms with E-state index in [1.807, 2.05) is 0 Å². The van der Waals surface area contributed by atoms with Gasteiger partial charge in [-0.1, -0.05) is 12.8 Å². The highest BCUT2D eigenvalue weighted by molar-refractivity contribution is 6.00. The second-order valence-corrected chi connectivity index (χ2v) is 7.92. The largest absolute Gasteiger partial charge is 0.482 e. The first-order chi connectivity index (χ1) is 13.7. The van der Waals surface area contributed by atoms with Crippen molar-refractivity contribution >= 4 is 17.5 Å². The summed E-state index contributed by atoms with van der Waals surface area (Å²) in [5.41, 5.74) is 3.32. The van der Waals surface area contributed by atoms with Gasteiger partial charge in [0.05, 0.1) is 23.5 Å². The maximum absolute atomic E-state index is 12.9. The van der Waals surface area contributed by atoms with Gasteiger partial charge in [0.15, 0.2) is 6.61 Å². The van der Waals surface area contributed by atoms with Crippen LogP contribution in [0.25, 0.3) is 0 Å². The highest BCUT2D eigenvalue weighted by Crippen LogP contribution is 2.34. The summed E-state index contributed by atoms with van der Waals surface area (Å²) in [6, 6.07) is 5.56. The van der Waals surface area contributed by atoms with Gasteiger partial charge in [0.25, 0.3) is 11.8 Å². The minimum Gasteiger partial charge on any atom is -0.482 e. The van der Waals surface area contributed by atoms with Crippen LogP contribution >= 0.6 is 0 Å². The highest BCUT2D eigenvalue weighted by Gasteiger charge is 2.28. The molecule has 7 nitrogen and oxygen atoms in total. The Bertz CT molecular complexity index is 930. The van der Waals surface area contributed by atoms with Crippen molar-refractivity contribution in [2.45, 2.75) is 57.0 Å². The molecule has 0 saturated heterocycles. The molecule has 3 aliphatic rings. The lowest BCUT2D eigenvalue weighted by molar-refractivity contribution is -0.118. The Morgan fingerprint density at radius 2 is 2.07 bits per heavy atom. The van der Waals surface area contributed by atoms with Crippen molar-refractivity contribution in [2.75, 3.05) is 11.9 Å². The molecule has 2 aliphatic carbocycles. The number of carbonyl (C=O) groups excluding carboxylic acids is 2. The first-order valence-electron chi connectivity index (χ1n) is 10.1. The summed E-state index contributed by atoms with van der Waals surface area (Å²) in [4.78, 5) is 24.4. The zero-order valence-corrected chi connectivity index (χ0v) is 15.7. The lowest BCUT2D eigenvalue weighted by Gasteiger charge is -2.23. The number of aromatic nitrogens is 2. The summed E-state index contributed by atoms with van der Waals surface area (Å²) in [6.07, 6.45) is 10.1. The van der Waals surface area contributed by atoms with Crippen molar-refractivity contribution in [3.8, 4) is 5.75 Å². The molecule has 2 amide bonds. The minimum absolute atomic E-state index is 0.00699. The van der Waals surface area contributed by atoms with Crippen molar-refractivity contribution < 1.29 is 14.3 Å². The molecule has 2 N–H and O–H groups in total. The van der Waals surface area contributed by atoms with E-state index in [1.165, 1.54) is 31.2 Å². The van der Waals surface area contributed by atoms with Gasteiger partial charge in [0, 0.05) is 11.8 Å². The number of aryl methyl sites for hydroxylation is 1. The Hall–Kier alpha value is -2.83. The van der Waals surface area contributed by atoms with Crippen LogP contribution in [0.2, 0.25) is 0 Å². The lowest BCUT2D eigenvalue weighted by atomic mass is 9.93. The normalized spacial score (nSPS) is 21.4. The summed E-state index contributed by atoms with van der Waals surface area (Å²) in [7, 11) is 0. The fourth-order valence-electron chi connectivity index (χ4n) is 4.53. The summed E-state index contributed by atoms with van der Waals surface area (Å²) < 4.78 is 7.49. The predicted molar refractivity (Wildman–Crippen MR) is 103 cm³/mol. The number of benzene rings is 1. The number of nitrogens with one attached hydrogen (secondary N) is 2. The Balaban J connectivity index is 1.35. The van der Waals surface area contributed by atoms with Crippen molar-refractivity contribution in [1.82, 2.24) is 15.1 Å². The molecule has 2 aromatic rings. The van der Waals surface area contributed by atoms with E-state index in [4.69, 9.17) is 9.84 Å². The van der Waals surface area contributed by atoms with E-state index in [0.29, 0.717) is 23.0 Å². The van der Waals surface area contributed by atoms with E-state index < -0.39 is 0 Å². The number of hydrogen-bond acceptors (Lipinski definition) is 4. The lowest BCUT2D eigenvalue weighted by Crippen LogP contribution is -2.31. The molecule has 7 heteroatoms. The molecule has 0 radical (unpaired) electrons. The van der Waals surface area contributed by atoms with Gasteiger partial charge in [0.2, 0.25) is 0 Å². The second kappa shape index (κ2) is 6.96. The van der Waals surface area contributed by atoms with Gasteiger partial charge in [-0.3, -0.25) is 14.3 Å². The van der Waals surface area contributed by atoms with E-state index in [9.17, 15) is 9.59 Å². The first-order valence-corrected chi connectivity index (χ1v) is 10.1. The molecular weight excluding hydrogens is 356 g/mol. The summed E-state index contributed by atoms with van der Waals surface area (Å²) in [5.74, 6) is 0.224. The summed E-state index contributed by atoms with van der Waals surface area (Å²) in [6.45, 7) is 0.00699. The maximum Gasteiger partial charge on any atom is 0.262 e. The Morgan fingerprint density at radius 3 is 2.93 bits per heavy atom. The molecule has 2 heterocycles. The molecular formula is C21H24N4O3. The van der Waals surface area contributed by atoms with Crippen molar-refractivity contribution in [2.24, 2.45) is 0 Å². The van der Waals surface area contributed by atoms with Crippen LogP contribution in [0.15, 0.2) is 24.4 Å². The van der Waals surface area contributed by atoms with E-state index in [0.717, 1.165) is 25.0 Å². The van der Waals surface area contributed by atoms with Crippen LogP contribution in [-0.2, 0) is 11.2 Å². The third-order valence-corrected chi connectivity index (χ3v) is 5.99. The molecule has 1 aromatic carbocycles. The second-order valence-electron chi connectivity index (χ2n) is 7.92.